The zero-order chi connectivity index (χ0) is 20.5. The van der Waals surface area contributed by atoms with Crippen molar-refractivity contribution >= 4 is 17.8 Å². The fourth-order valence-corrected chi connectivity index (χ4v) is 2.61. The molecule has 0 fully saturated rings. The van der Waals surface area contributed by atoms with Crippen molar-refractivity contribution in [2.75, 3.05) is 32.6 Å². The number of rotatable bonds is 9. The third-order valence-electron chi connectivity index (χ3n) is 4.08. The van der Waals surface area contributed by atoms with Crippen LogP contribution in [0.1, 0.15) is 5.56 Å². The number of ether oxygens (including phenoxy) is 2. The van der Waals surface area contributed by atoms with Gasteiger partial charge in [0.2, 0.25) is 5.91 Å². The van der Waals surface area contributed by atoms with Crippen LogP contribution in [-0.4, -0.2) is 48.0 Å². The Kier molecular flexibility index (Phi) is 6.83. The van der Waals surface area contributed by atoms with Crippen LogP contribution >= 0.6 is 0 Å². The number of carbonyl (C=O) groups is 1. The summed E-state index contributed by atoms with van der Waals surface area (Å²) in [7, 11) is 3.15. The van der Waals surface area contributed by atoms with Crippen molar-refractivity contribution in [1.29, 1.82) is 0 Å². The molecule has 0 aliphatic rings. The van der Waals surface area contributed by atoms with Gasteiger partial charge in [0.05, 0.1) is 14.2 Å². The largest absolute Gasteiger partial charge is 0.493 e. The van der Waals surface area contributed by atoms with E-state index < -0.39 is 0 Å². The highest BCUT2D eigenvalue weighted by Gasteiger charge is 2.03. The number of carbonyl (C=O) groups excluding carboxylic acids is 1. The summed E-state index contributed by atoms with van der Waals surface area (Å²) >= 11 is 0. The topological polar surface area (TPSA) is 90.3 Å². The van der Waals surface area contributed by atoms with Gasteiger partial charge in [-0.25, -0.2) is 0 Å². The van der Waals surface area contributed by atoms with Gasteiger partial charge in [-0.3, -0.25) is 4.79 Å². The highest BCUT2D eigenvalue weighted by Crippen LogP contribution is 2.27. The molecule has 1 amide bonds. The van der Waals surface area contributed by atoms with Crippen molar-refractivity contribution in [1.82, 2.24) is 20.1 Å². The lowest BCUT2D eigenvalue weighted by molar-refractivity contribution is -0.116. The molecule has 0 aliphatic heterocycles. The summed E-state index contributed by atoms with van der Waals surface area (Å²) in [6.45, 7) is 0.990. The summed E-state index contributed by atoms with van der Waals surface area (Å²) in [6, 6.07) is 13.0. The van der Waals surface area contributed by atoms with Crippen LogP contribution in [0.4, 0.5) is 5.82 Å². The molecule has 8 nitrogen and oxygen atoms in total. The minimum absolute atomic E-state index is 0.185. The minimum Gasteiger partial charge on any atom is -0.493 e. The van der Waals surface area contributed by atoms with Gasteiger partial charge in [0.15, 0.2) is 17.3 Å². The monoisotopic (exact) mass is 393 g/mol. The predicted molar refractivity (Wildman–Crippen MR) is 111 cm³/mol. The van der Waals surface area contributed by atoms with E-state index >= 15 is 0 Å². The molecular formula is C21H23N5O3. The van der Waals surface area contributed by atoms with Crippen molar-refractivity contribution in [2.45, 2.75) is 0 Å². The Bertz CT molecular complexity index is 953. The second-order valence-corrected chi connectivity index (χ2v) is 6.03. The summed E-state index contributed by atoms with van der Waals surface area (Å²) in [4.78, 5) is 12.0. The van der Waals surface area contributed by atoms with E-state index in [1.807, 2.05) is 47.3 Å². The molecule has 29 heavy (non-hydrogen) atoms. The number of aromatic nitrogens is 3. The number of benzene rings is 1. The Hall–Kier alpha value is -3.81. The fourth-order valence-electron chi connectivity index (χ4n) is 2.61. The maximum Gasteiger partial charge on any atom is 0.244 e. The van der Waals surface area contributed by atoms with E-state index in [4.69, 9.17) is 9.47 Å². The molecule has 2 aromatic heterocycles. The summed E-state index contributed by atoms with van der Waals surface area (Å²) in [5, 5.41) is 14.2. The Morgan fingerprint density at radius 1 is 1.03 bits per heavy atom. The summed E-state index contributed by atoms with van der Waals surface area (Å²) < 4.78 is 12.3. The lowest BCUT2D eigenvalue weighted by atomic mass is 10.2. The molecule has 0 spiro atoms. The molecule has 0 bridgehead atoms. The Labute approximate surface area is 169 Å². The molecule has 0 saturated heterocycles. The van der Waals surface area contributed by atoms with Crippen LogP contribution in [0.25, 0.3) is 11.9 Å². The van der Waals surface area contributed by atoms with E-state index in [0.717, 1.165) is 11.4 Å². The highest BCUT2D eigenvalue weighted by molar-refractivity contribution is 5.91. The quantitative estimate of drug-likeness (QED) is 0.429. The van der Waals surface area contributed by atoms with Crippen LogP contribution < -0.4 is 20.1 Å². The van der Waals surface area contributed by atoms with Gasteiger partial charge in [-0.15, -0.1) is 10.2 Å². The predicted octanol–water partition coefficient (Wildman–Crippen LogP) is 2.53. The molecule has 0 saturated carbocycles. The molecule has 1 aromatic carbocycles. The SMILES string of the molecule is COc1ccc(C=CC(=O)NCCNc2ccc(-n3cccc3)nn2)cc1OC. The second kappa shape index (κ2) is 9.93. The molecule has 150 valence electrons. The highest BCUT2D eigenvalue weighted by atomic mass is 16.5. The first-order valence-electron chi connectivity index (χ1n) is 9.08. The molecule has 0 radical (unpaired) electrons. The Morgan fingerprint density at radius 3 is 2.52 bits per heavy atom. The number of anilines is 1. The van der Waals surface area contributed by atoms with Gasteiger partial charge in [-0.1, -0.05) is 6.07 Å². The van der Waals surface area contributed by atoms with Gasteiger partial charge >= 0.3 is 0 Å². The van der Waals surface area contributed by atoms with Crippen molar-refractivity contribution in [3.8, 4) is 17.3 Å². The smallest absolute Gasteiger partial charge is 0.244 e. The van der Waals surface area contributed by atoms with Crippen LogP contribution in [0, 0.1) is 0 Å². The molecule has 8 heteroatoms. The van der Waals surface area contributed by atoms with Crippen LogP contribution in [0.3, 0.4) is 0 Å². The zero-order valence-electron chi connectivity index (χ0n) is 16.3. The van der Waals surface area contributed by atoms with Crippen LogP contribution in [-0.2, 0) is 4.79 Å². The average molecular weight is 393 g/mol. The van der Waals surface area contributed by atoms with E-state index in [2.05, 4.69) is 20.8 Å². The van der Waals surface area contributed by atoms with Crippen LogP contribution in [0.5, 0.6) is 11.5 Å². The maximum absolute atomic E-state index is 12.0. The number of hydrogen-bond acceptors (Lipinski definition) is 6. The number of methoxy groups -OCH3 is 2. The first kappa shape index (κ1) is 19.9. The maximum atomic E-state index is 12.0. The van der Waals surface area contributed by atoms with Gasteiger partial charge in [0.1, 0.15) is 5.82 Å². The van der Waals surface area contributed by atoms with Gasteiger partial charge < -0.3 is 24.7 Å². The van der Waals surface area contributed by atoms with Gasteiger partial charge in [0.25, 0.3) is 0 Å². The van der Waals surface area contributed by atoms with E-state index in [0.29, 0.717) is 30.4 Å². The Morgan fingerprint density at radius 2 is 1.83 bits per heavy atom. The van der Waals surface area contributed by atoms with Crippen molar-refractivity contribution in [3.63, 3.8) is 0 Å². The number of hydrogen-bond donors (Lipinski definition) is 2. The minimum atomic E-state index is -0.185. The molecule has 0 aliphatic carbocycles. The van der Waals surface area contributed by atoms with Crippen LogP contribution in [0.2, 0.25) is 0 Å². The molecule has 2 N–H and O–H groups in total. The molecule has 0 atom stereocenters. The molecule has 3 aromatic rings. The first-order valence-corrected chi connectivity index (χ1v) is 9.08. The lowest BCUT2D eigenvalue weighted by Crippen LogP contribution is -2.27. The first-order chi connectivity index (χ1) is 14.2. The van der Waals surface area contributed by atoms with E-state index in [1.54, 1.807) is 32.4 Å². The van der Waals surface area contributed by atoms with E-state index in [1.165, 1.54) is 6.08 Å². The molecule has 3 rings (SSSR count). The van der Waals surface area contributed by atoms with E-state index in [-0.39, 0.29) is 5.91 Å². The third-order valence-corrected chi connectivity index (χ3v) is 4.08. The Balaban J connectivity index is 1.42. The molecular weight excluding hydrogens is 370 g/mol. The lowest BCUT2D eigenvalue weighted by Gasteiger charge is -2.08. The van der Waals surface area contributed by atoms with Crippen LogP contribution in [0.15, 0.2) is 60.9 Å². The zero-order valence-corrected chi connectivity index (χ0v) is 16.3. The van der Waals surface area contributed by atoms with Gasteiger partial charge in [-0.05, 0) is 48.0 Å². The number of nitrogens with one attached hydrogen (secondary N) is 2. The normalized spacial score (nSPS) is 10.7. The number of amides is 1. The van der Waals surface area contributed by atoms with Crippen molar-refractivity contribution < 1.29 is 14.3 Å². The molecule has 0 unspecified atom stereocenters. The number of nitrogens with zero attached hydrogens (tertiary/aromatic N) is 3. The summed E-state index contributed by atoms with van der Waals surface area (Å²) in [6.07, 6.45) is 7.01. The fraction of sp³-hybridized carbons (Fsp3) is 0.190. The van der Waals surface area contributed by atoms with Gasteiger partial charge in [-0.2, -0.15) is 0 Å². The average Bonchev–Trinajstić information content (AvgIpc) is 3.30. The second-order valence-electron chi connectivity index (χ2n) is 6.03. The van der Waals surface area contributed by atoms with Crippen molar-refractivity contribution in [3.05, 3.63) is 66.5 Å². The molecule has 2 heterocycles. The summed E-state index contributed by atoms with van der Waals surface area (Å²) in [5.74, 6) is 2.47. The van der Waals surface area contributed by atoms with E-state index in [9.17, 15) is 4.79 Å². The third kappa shape index (κ3) is 5.58. The standard InChI is InChI=1S/C21H23N5O3/c1-28-17-7-5-16(15-18(17)29-2)6-10-21(27)23-12-11-22-19-8-9-20(25-24-19)26-13-3-4-14-26/h3-10,13-15H,11-12H2,1-2H3,(H,22,24)(H,23,27). The summed E-state index contributed by atoms with van der Waals surface area (Å²) in [5.41, 5.74) is 0.842. The van der Waals surface area contributed by atoms with Crippen molar-refractivity contribution in [2.24, 2.45) is 0 Å². The van der Waals surface area contributed by atoms with Gasteiger partial charge in [0, 0.05) is 31.6 Å².